The van der Waals surface area contributed by atoms with Gasteiger partial charge in [-0.2, -0.15) is 0 Å². The second-order valence-corrected chi connectivity index (χ2v) is 1.85. The SMILES string of the molecule is CNc1ncc(N)cc1F. The second-order valence-electron chi connectivity index (χ2n) is 1.85. The summed E-state index contributed by atoms with van der Waals surface area (Å²) in [5.41, 5.74) is 5.58. The first-order chi connectivity index (χ1) is 4.74. The molecule has 0 aromatic carbocycles. The van der Waals surface area contributed by atoms with Gasteiger partial charge in [0, 0.05) is 13.1 Å². The lowest BCUT2D eigenvalue weighted by molar-refractivity contribution is 0.626. The number of rotatable bonds is 1. The minimum Gasteiger partial charge on any atom is -0.397 e. The Morgan fingerprint density at radius 2 is 2.40 bits per heavy atom. The number of halogens is 1. The molecule has 3 N–H and O–H groups in total. The van der Waals surface area contributed by atoms with Gasteiger partial charge in [0.2, 0.25) is 0 Å². The molecule has 0 unspecified atom stereocenters. The van der Waals surface area contributed by atoms with Gasteiger partial charge in [-0.05, 0) is 0 Å². The number of aromatic nitrogens is 1. The van der Waals surface area contributed by atoms with Gasteiger partial charge in [-0.15, -0.1) is 0 Å². The van der Waals surface area contributed by atoms with E-state index >= 15 is 0 Å². The quantitative estimate of drug-likeness (QED) is 0.609. The highest BCUT2D eigenvalue weighted by molar-refractivity contribution is 5.44. The zero-order valence-electron chi connectivity index (χ0n) is 5.56. The minimum absolute atomic E-state index is 0.217. The van der Waals surface area contributed by atoms with E-state index in [0.29, 0.717) is 5.69 Å². The molecule has 0 saturated heterocycles. The van der Waals surface area contributed by atoms with Gasteiger partial charge in [-0.25, -0.2) is 9.37 Å². The molecule has 0 spiro atoms. The van der Waals surface area contributed by atoms with E-state index in [1.54, 1.807) is 7.05 Å². The van der Waals surface area contributed by atoms with E-state index < -0.39 is 5.82 Å². The van der Waals surface area contributed by atoms with Gasteiger partial charge < -0.3 is 11.1 Å². The standard InChI is InChI=1S/C6H8FN3/c1-9-6-5(7)2-4(8)3-10-6/h2-3H,8H2,1H3,(H,9,10). The molecule has 0 saturated carbocycles. The predicted molar refractivity (Wildman–Crippen MR) is 38.2 cm³/mol. The van der Waals surface area contributed by atoms with Gasteiger partial charge in [0.05, 0.1) is 11.9 Å². The molecule has 54 valence electrons. The monoisotopic (exact) mass is 141 g/mol. The molecule has 0 bridgehead atoms. The van der Waals surface area contributed by atoms with Crippen LogP contribution in [0.5, 0.6) is 0 Å². The lowest BCUT2D eigenvalue weighted by Crippen LogP contribution is -1.97. The third-order valence-corrected chi connectivity index (χ3v) is 1.10. The Morgan fingerprint density at radius 1 is 1.70 bits per heavy atom. The van der Waals surface area contributed by atoms with Crippen LogP contribution in [0.25, 0.3) is 0 Å². The number of nitrogens with two attached hydrogens (primary N) is 1. The zero-order valence-corrected chi connectivity index (χ0v) is 5.56. The Balaban J connectivity index is 3.07. The fourth-order valence-electron chi connectivity index (χ4n) is 0.637. The largest absolute Gasteiger partial charge is 0.397 e. The first kappa shape index (κ1) is 6.80. The van der Waals surface area contributed by atoms with E-state index in [2.05, 4.69) is 10.3 Å². The number of anilines is 2. The van der Waals surface area contributed by atoms with Crippen molar-refractivity contribution in [1.29, 1.82) is 0 Å². The minimum atomic E-state index is -0.428. The molecule has 1 aromatic rings. The van der Waals surface area contributed by atoms with Crippen molar-refractivity contribution in [2.45, 2.75) is 0 Å². The molecule has 4 heteroatoms. The average molecular weight is 141 g/mol. The van der Waals surface area contributed by atoms with Crippen LogP contribution in [0.1, 0.15) is 0 Å². The van der Waals surface area contributed by atoms with Crippen molar-refractivity contribution in [3.05, 3.63) is 18.1 Å². The van der Waals surface area contributed by atoms with E-state index in [4.69, 9.17) is 5.73 Å². The van der Waals surface area contributed by atoms with Gasteiger partial charge in [-0.3, -0.25) is 0 Å². The molecule has 0 radical (unpaired) electrons. The number of hydrogen-bond donors (Lipinski definition) is 2. The molecule has 0 aliphatic rings. The lowest BCUT2D eigenvalue weighted by Gasteiger charge is -1.99. The third kappa shape index (κ3) is 1.15. The van der Waals surface area contributed by atoms with E-state index in [0.717, 1.165) is 0 Å². The molecule has 0 amide bonds. The molecule has 0 fully saturated rings. The molecular weight excluding hydrogens is 133 g/mol. The highest BCUT2D eigenvalue weighted by Crippen LogP contribution is 2.11. The second kappa shape index (κ2) is 2.51. The van der Waals surface area contributed by atoms with Gasteiger partial charge in [-0.1, -0.05) is 0 Å². The van der Waals surface area contributed by atoms with Crippen LogP contribution in [-0.2, 0) is 0 Å². The molecule has 1 rings (SSSR count). The van der Waals surface area contributed by atoms with Gasteiger partial charge in [0.15, 0.2) is 11.6 Å². The van der Waals surface area contributed by atoms with Crippen LogP contribution in [-0.4, -0.2) is 12.0 Å². The molecule has 0 aliphatic heterocycles. The summed E-state index contributed by atoms with van der Waals surface area (Å²) in [5.74, 6) is -0.211. The van der Waals surface area contributed by atoms with Crippen molar-refractivity contribution >= 4 is 11.5 Å². The zero-order chi connectivity index (χ0) is 7.56. The molecule has 1 aromatic heterocycles. The summed E-state index contributed by atoms with van der Waals surface area (Å²) in [6.07, 6.45) is 1.40. The van der Waals surface area contributed by atoms with Crippen molar-refractivity contribution in [3.8, 4) is 0 Å². The van der Waals surface area contributed by atoms with Crippen molar-refractivity contribution in [2.24, 2.45) is 0 Å². The maximum Gasteiger partial charge on any atom is 0.167 e. The summed E-state index contributed by atoms with van der Waals surface area (Å²) in [5, 5.41) is 2.58. The van der Waals surface area contributed by atoms with E-state index in [9.17, 15) is 4.39 Å². The van der Waals surface area contributed by atoms with Crippen molar-refractivity contribution in [3.63, 3.8) is 0 Å². The molecular formula is C6H8FN3. The van der Waals surface area contributed by atoms with Crippen LogP contribution < -0.4 is 11.1 Å². The topological polar surface area (TPSA) is 50.9 Å². The highest BCUT2D eigenvalue weighted by atomic mass is 19.1. The number of pyridine rings is 1. The summed E-state index contributed by atoms with van der Waals surface area (Å²) in [6.45, 7) is 0. The third-order valence-electron chi connectivity index (χ3n) is 1.10. The maximum atomic E-state index is 12.6. The molecule has 0 aliphatic carbocycles. The molecule has 3 nitrogen and oxygen atoms in total. The van der Waals surface area contributed by atoms with Crippen LogP contribution >= 0.6 is 0 Å². The molecule has 0 atom stereocenters. The first-order valence-electron chi connectivity index (χ1n) is 2.83. The smallest absolute Gasteiger partial charge is 0.167 e. The Labute approximate surface area is 58.1 Å². The summed E-state index contributed by atoms with van der Waals surface area (Å²) < 4.78 is 12.6. The average Bonchev–Trinajstić information content (AvgIpc) is 1.88. The Hall–Kier alpha value is -1.32. The van der Waals surface area contributed by atoms with Crippen molar-refractivity contribution in [1.82, 2.24) is 4.98 Å². The van der Waals surface area contributed by atoms with Gasteiger partial charge in [0.25, 0.3) is 0 Å². The Morgan fingerprint density at radius 3 is 2.90 bits per heavy atom. The van der Waals surface area contributed by atoms with Gasteiger partial charge in [0.1, 0.15) is 0 Å². The lowest BCUT2D eigenvalue weighted by atomic mass is 10.4. The normalized spacial score (nSPS) is 9.40. The number of nitrogens with one attached hydrogen (secondary N) is 1. The fourth-order valence-corrected chi connectivity index (χ4v) is 0.637. The predicted octanol–water partition coefficient (Wildman–Crippen LogP) is 0.845. The number of nitrogen functional groups attached to an aromatic ring is 1. The van der Waals surface area contributed by atoms with E-state index in [-0.39, 0.29) is 5.82 Å². The first-order valence-corrected chi connectivity index (χ1v) is 2.83. The summed E-state index contributed by atoms with van der Waals surface area (Å²) in [4.78, 5) is 3.69. The summed E-state index contributed by atoms with van der Waals surface area (Å²) in [7, 11) is 1.60. The van der Waals surface area contributed by atoms with Crippen LogP contribution in [0, 0.1) is 5.82 Å². The van der Waals surface area contributed by atoms with Gasteiger partial charge >= 0.3 is 0 Å². The fraction of sp³-hybridized carbons (Fsp3) is 0.167. The number of hydrogen-bond acceptors (Lipinski definition) is 3. The van der Waals surface area contributed by atoms with Crippen LogP contribution in [0.4, 0.5) is 15.9 Å². The Kier molecular flexibility index (Phi) is 1.71. The highest BCUT2D eigenvalue weighted by Gasteiger charge is 1.99. The van der Waals surface area contributed by atoms with E-state index in [1.807, 2.05) is 0 Å². The molecule has 1 heterocycles. The van der Waals surface area contributed by atoms with Crippen molar-refractivity contribution in [2.75, 3.05) is 18.1 Å². The van der Waals surface area contributed by atoms with Crippen LogP contribution in [0.15, 0.2) is 12.3 Å². The van der Waals surface area contributed by atoms with Crippen LogP contribution in [0.3, 0.4) is 0 Å². The van der Waals surface area contributed by atoms with Crippen LogP contribution in [0.2, 0.25) is 0 Å². The maximum absolute atomic E-state index is 12.6. The summed E-state index contributed by atoms with van der Waals surface area (Å²) >= 11 is 0. The van der Waals surface area contributed by atoms with E-state index in [1.165, 1.54) is 12.3 Å². The molecule has 10 heavy (non-hydrogen) atoms. The summed E-state index contributed by atoms with van der Waals surface area (Å²) in [6, 6.07) is 1.22. The Bertz CT molecular complexity index is 236. The number of nitrogens with zero attached hydrogens (tertiary/aromatic N) is 1. The van der Waals surface area contributed by atoms with Crippen molar-refractivity contribution < 1.29 is 4.39 Å².